The van der Waals surface area contributed by atoms with Crippen molar-refractivity contribution in [3.8, 4) is 0 Å². The van der Waals surface area contributed by atoms with Gasteiger partial charge in [0, 0.05) is 26.7 Å². The molecule has 3 fully saturated rings. The number of aliphatic carboxylic acids is 1. The van der Waals surface area contributed by atoms with Gasteiger partial charge in [0.05, 0.1) is 12.5 Å². The Hall–Kier alpha value is -0.610. The van der Waals surface area contributed by atoms with Gasteiger partial charge >= 0.3 is 5.97 Å². The molecule has 3 rings (SSSR count). The predicted molar refractivity (Wildman–Crippen MR) is 51.1 cm³/mol. The summed E-state index contributed by atoms with van der Waals surface area (Å²) >= 11 is 0. The van der Waals surface area contributed by atoms with E-state index in [-0.39, 0.29) is 6.42 Å². The van der Waals surface area contributed by atoms with Crippen LogP contribution in [0.5, 0.6) is 0 Å². The van der Waals surface area contributed by atoms with E-state index >= 15 is 0 Å². The Labute approximate surface area is 83.8 Å². The van der Waals surface area contributed by atoms with E-state index in [1.165, 1.54) is 6.42 Å². The minimum absolute atomic E-state index is 0.261. The Kier molecular flexibility index (Phi) is 2.74. The SMILES string of the molecule is COC1[C@H]2C[C@H]1CN(CCC(=O)O)C2. The fourth-order valence-electron chi connectivity index (χ4n) is 2.76. The van der Waals surface area contributed by atoms with Crippen LogP contribution < -0.4 is 0 Å². The molecule has 0 aromatic rings. The Balaban J connectivity index is 1.76. The molecule has 2 bridgehead atoms. The summed E-state index contributed by atoms with van der Waals surface area (Å²) in [5.74, 6) is 0.590. The van der Waals surface area contributed by atoms with Crippen molar-refractivity contribution < 1.29 is 14.6 Å². The van der Waals surface area contributed by atoms with Crippen molar-refractivity contribution in [2.45, 2.75) is 18.9 Å². The highest BCUT2D eigenvalue weighted by Crippen LogP contribution is 2.41. The van der Waals surface area contributed by atoms with Gasteiger partial charge in [0.1, 0.15) is 0 Å². The zero-order valence-electron chi connectivity index (χ0n) is 8.48. The maximum atomic E-state index is 10.4. The van der Waals surface area contributed by atoms with Crippen LogP contribution >= 0.6 is 0 Å². The molecule has 0 aromatic heterocycles. The first kappa shape index (κ1) is 9.93. The molecular formula is C10H17NO3. The van der Waals surface area contributed by atoms with E-state index < -0.39 is 5.97 Å². The zero-order valence-corrected chi connectivity index (χ0v) is 8.48. The number of nitrogens with zero attached hydrogens (tertiary/aromatic N) is 1. The lowest BCUT2D eigenvalue weighted by molar-refractivity contribution is -0.141. The van der Waals surface area contributed by atoms with Crippen molar-refractivity contribution in [1.82, 2.24) is 4.90 Å². The third-order valence-electron chi connectivity index (χ3n) is 3.43. The Morgan fingerprint density at radius 3 is 2.64 bits per heavy atom. The predicted octanol–water partition coefficient (Wildman–Crippen LogP) is 0.428. The van der Waals surface area contributed by atoms with Crippen LogP contribution in [-0.2, 0) is 9.53 Å². The maximum Gasteiger partial charge on any atom is 0.304 e. The first-order valence-corrected chi connectivity index (χ1v) is 5.17. The molecule has 1 aliphatic carbocycles. The second-order valence-corrected chi connectivity index (χ2v) is 4.36. The van der Waals surface area contributed by atoms with Crippen LogP contribution in [0.15, 0.2) is 0 Å². The van der Waals surface area contributed by atoms with Crippen LogP contribution in [0.3, 0.4) is 0 Å². The number of methoxy groups -OCH3 is 1. The standard InChI is InChI=1S/C10H17NO3/c1-14-10-7-4-8(10)6-11(5-7)3-2-9(12)13/h7-8,10H,2-6H2,1H3,(H,12,13)/t7-,8-/m0/s1. The molecule has 2 heterocycles. The average molecular weight is 199 g/mol. The summed E-state index contributed by atoms with van der Waals surface area (Å²) in [5, 5.41) is 8.57. The fourth-order valence-corrected chi connectivity index (χ4v) is 2.76. The Morgan fingerprint density at radius 1 is 1.50 bits per heavy atom. The fraction of sp³-hybridized carbons (Fsp3) is 0.900. The van der Waals surface area contributed by atoms with Gasteiger partial charge in [-0.15, -0.1) is 0 Å². The number of rotatable bonds is 4. The van der Waals surface area contributed by atoms with Gasteiger partial charge in [-0.05, 0) is 18.3 Å². The highest BCUT2D eigenvalue weighted by Gasteiger charge is 2.46. The summed E-state index contributed by atoms with van der Waals surface area (Å²) in [4.78, 5) is 12.7. The lowest BCUT2D eigenvalue weighted by atomic mass is 9.68. The van der Waals surface area contributed by atoms with Gasteiger partial charge in [-0.1, -0.05) is 0 Å². The largest absolute Gasteiger partial charge is 0.481 e. The Bertz CT molecular complexity index is 219. The van der Waals surface area contributed by atoms with Crippen molar-refractivity contribution in [3.05, 3.63) is 0 Å². The van der Waals surface area contributed by atoms with E-state index in [9.17, 15) is 4.79 Å². The second kappa shape index (κ2) is 3.87. The Morgan fingerprint density at radius 2 is 2.14 bits per heavy atom. The number of hydrogen-bond acceptors (Lipinski definition) is 3. The second-order valence-electron chi connectivity index (χ2n) is 4.36. The van der Waals surface area contributed by atoms with Gasteiger partial charge in [-0.2, -0.15) is 0 Å². The normalized spacial score (nSPS) is 36.5. The van der Waals surface area contributed by atoms with Crippen LogP contribution in [0.4, 0.5) is 0 Å². The molecule has 2 atom stereocenters. The molecule has 1 saturated carbocycles. The van der Waals surface area contributed by atoms with Gasteiger partial charge in [0.2, 0.25) is 0 Å². The van der Waals surface area contributed by atoms with Gasteiger partial charge in [0.15, 0.2) is 0 Å². The molecule has 4 heteroatoms. The van der Waals surface area contributed by atoms with E-state index in [0.717, 1.165) is 13.1 Å². The number of fused-ring (bicyclic) bond motifs is 2. The number of carboxylic acid groups (broad SMARTS) is 1. The first-order valence-electron chi connectivity index (χ1n) is 5.17. The minimum Gasteiger partial charge on any atom is -0.481 e. The van der Waals surface area contributed by atoms with Crippen molar-refractivity contribution in [1.29, 1.82) is 0 Å². The van der Waals surface area contributed by atoms with E-state index in [1.54, 1.807) is 7.11 Å². The molecule has 0 amide bonds. The molecule has 0 aromatic carbocycles. The van der Waals surface area contributed by atoms with Crippen molar-refractivity contribution >= 4 is 5.97 Å². The number of piperidine rings is 2. The molecule has 0 spiro atoms. The highest BCUT2D eigenvalue weighted by atomic mass is 16.5. The van der Waals surface area contributed by atoms with E-state index in [1.807, 2.05) is 0 Å². The van der Waals surface area contributed by atoms with Crippen LogP contribution in [0.1, 0.15) is 12.8 Å². The van der Waals surface area contributed by atoms with E-state index in [4.69, 9.17) is 9.84 Å². The quantitative estimate of drug-likeness (QED) is 0.713. The minimum atomic E-state index is -0.701. The summed E-state index contributed by atoms with van der Waals surface area (Å²) < 4.78 is 5.38. The number of carbonyl (C=O) groups is 1. The molecule has 2 saturated heterocycles. The molecule has 0 unspecified atom stereocenters. The zero-order chi connectivity index (χ0) is 10.1. The third kappa shape index (κ3) is 1.77. The molecule has 80 valence electrons. The molecular weight excluding hydrogens is 182 g/mol. The molecule has 4 nitrogen and oxygen atoms in total. The number of hydrogen-bond donors (Lipinski definition) is 1. The smallest absolute Gasteiger partial charge is 0.304 e. The lowest BCUT2D eigenvalue weighted by Gasteiger charge is -2.52. The van der Waals surface area contributed by atoms with Crippen LogP contribution in [0.25, 0.3) is 0 Å². The van der Waals surface area contributed by atoms with Crippen LogP contribution in [0.2, 0.25) is 0 Å². The number of carboxylic acids is 1. The van der Waals surface area contributed by atoms with E-state index in [2.05, 4.69) is 4.90 Å². The summed E-state index contributed by atoms with van der Waals surface area (Å²) in [7, 11) is 1.77. The van der Waals surface area contributed by atoms with Crippen molar-refractivity contribution in [3.63, 3.8) is 0 Å². The van der Waals surface area contributed by atoms with Gasteiger partial charge in [-0.25, -0.2) is 0 Å². The van der Waals surface area contributed by atoms with Crippen molar-refractivity contribution in [2.75, 3.05) is 26.7 Å². The topological polar surface area (TPSA) is 49.8 Å². The van der Waals surface area contributed by atoms with Gasteiger partial charge < -0.3 is 14.7 Å². The molecule has 1 N–H and O–H groups in total. The maximum absolute atomic E-state index is 10.4. The summed E-state index contributed by atoms with van der Waals surface area (Å²) in [6.07, 6.45) is 1.97. The van der Waals surface area contributed by atoms with Gasteiger partial charge in [-0.3, -0.25) is 4.79 Å². The summed E-state index contributed by atoms with van der Waals surface area (Å²) in [6.45, 7) is 2.73. The molecule has 0 radical (unpaired) electrons. The number of ether oxygens (including phenoxy) is 1. The first-order chi connectivity index (χ1) is 6.70. The third-order valence-corrected chi connectivity index (χ3v) is 3.43. The average Bonchev–Trinajstić information content (AvgIpc) is 2.16. The van der Waals surface area contributed by atoms with Crippen LogP contribution in [0, 0.1) is 11.8 Å². The van der Waals surface area contributed by atoms with Crippen molar-refractivity contribution in [2.24, 2.45) is 11.8 Å². The molecule has 2 aliphatic heterocycles. The monoisotopic (exact) mass is 199 g/mol. The van der Waals surface area contributed by atoms with Gasteiger partial charge in [0.25, 0.3) is 0 Å². The van der Waals surface area contributed by atoms with Crippen LogP contribution in [-0.4, -0.2) is 48.8 Å². The lowest BCUT2D eigenvalue weighted by Crippen LogP contribution is -2.59. The molecule has 14 heavy (non-hydrogen) atoms. The summed E-state index contributed by atoms with van der Waals surface area (Å²) in [6, 6.07) is 0. The van der Waals surface area contributed by atoms with E-state index in [0.29, 0.717) is 24.5 Å². The molecule has 3 aliphatic rings. The summed E-state index contributed by atoms with van der Waals surface area (Å²) in [5.41, 5.74) is 0. The highest BCUT2D eigenvalue weighted by molar-refractivity contribution is 5.66.